The summed E-state index contributed by atoms with van der Waals surface area (Å²) in [5.41, 5.74) is 0.205. The second-order valence-corrected chi connectivity index (χ2v) is 3.75. The molecular weight excluding hydrogens is 260 g/mol. The highest BCUT2D eigenvalue weighted by Gasteiger charge is 2.22. The highest BCUT2D eigenvalue weighted by molar-refractivity contribution is 6.30. The maximum atomic E-state index is 11.8. The minimum atomic E-state index is -0.705. The molecule has 0 aliphatic carbocycles. The largest absolute Gasteiger partial charge is 0.358 e. The Balaban J connectivity index is 2.19. The highest BCUT2D eigenvalue weighted by Crippen LogP contribution is 2.17. The lowest BCUT2D eigenvalue weighted by atomic mass is 10.3. The van der Waals surface area contributed by atoms with Gasteiger partial charge in [-0.05, 0) is 29.2 Å². The third-order valence-corrected chi connectivity index (χ3v) is 2.37. The van der Waals surface area contributed by atoms with E-state index in [1.165, 1.54) is 0 Å². The first kappa shape index (κ1) is 12.1. The lowest BCUT2D eigenvalue weighted by molar-refractivity contribution is -0.389. The van der Waals surface area contributed by atoms with E-state index in [4.69, 9.17) is 11.6 Å². The van der Waals surface area contributed by atoms with Crippen LogP contribution in [0.25, 0.3) is 0 Å². The minimum absolute atomic E-state index is 0.269. The van der Waals surface area contributed by atoms with Crippen molar-refractivity contribution in [3.05, 3.63) is 51.4 Å². The number of nitrogens with one attached hydrogen (secondary N) is 2. The predicted molar refractivity (Wildman–Crippen MR) is 64.6 cm³/mol. The Kier molecular flexibility index (Phi) is 3.24. The number of benzene rings is 1. The molecule has 2 N–H and O–H groups in total. The molecule has 2 rings (SSSR count). The minimum Gasteiger partial charge on any atom is -0.358 e. The summed E-state index contributed by atoms with van der Waals surface area (Å²) < 4.78 is 0. The Morgan fingerprint density at radius 3 is 2.67 bits per heavy atom. The van der Waals surface area contributed by atoms with Gasteiger partial charge in [0.25, 0.3) is 5.91 Å². The summed E-state index contributed by atoms with van der Waals surface area (Å²) in [6.45, 7) is 0. The average molecular weight is 267 g/mol. The maximum absolute atomic E-state index is 11.8. The molecule has 0 atom stereocenters. The molecule has 0 fully saturated rings. The fourth-order valence-corrected chi connectivity index (χ4v) is 1.44. The van der Waals surface area contributed by atoms with Crippen LogP contribution >= 0.6 is 11.6 Å². The van der Waals surface area contributed by atoms with Gasteiger partial charge in [0, 0.05) is 10.7 Å². The Morgan fingerprint density at radius 2 is 2.06 bits per heavy atom. The van der Waals surface area contributed by atoms with Crippen LogP contribution in [0.2, 0.25) is 5.02 Å². The fourth-order valence-electron chi connectivity index (χ4n) is 1.32. The molecule has 18 heavy (non-hydrogen) atoms. The van der Waals surface area contributed by atoms with Crippen molar-refractivity contribution in [3.8, 4) is 0 Å². The van der Waals surface area contributed by atoms with E-state index in [9.17, 15) is 14.9 Å². The molecule has 0 radical (unpaired) electrons. The summed E-state index contributed by atoms with van der Waals surface area (Å²) in [7, 11) is 0. The third-order valence-electron chi connectivity index (χ3n) is 2.12. The Bertz CT molecular complexity index is 593. The summed E-state index contributed by atoms with van der Waals surface area (Å²) in [6.07, 6.45) is 1.09. The molecule has 0 spiro atoms. The lowest BCUT2D eigenvalue weighted by Crippen LogP contribution is -2.14. The van der Waals surface area contributed by atoms with Crippen molar-refractivity contribution >= 4 is 29.0 Å². The molecule has 8 heteroatoms. The van der Waals surface area contributed by atoms with Crippen LogP contribution in [0.15, 0.2) is 30.6 Å². The molecule has 0 aliphatic rings. The Hall–Kier alpha value is -2.41. The summed E-state index contributed by atoms with van der Waals surface area (Å²) in [5, 5.41) is 13.6. The van der Waals surface area contributed by atoms with E-state index in [0.29, 0.717) is 10.7 Å². The van der Waals surface area contributed by atoms with Crippen LogP contribution in [0.1, 0.15) is 10.5 Å². The zero-order valence-corrected chi connectivity index (χ0v) is 9.64. The predicted octanol–water partition coefficient (Wildman–Crippen LogP) is 2.22. The van der Waals surface area contributed by atoms with E-state index < -0.39 is 16.6 Å². The van der Waals surface area contributed by atoms with Crippen LogP contribution < -0.4 is 5.32 Å². The van der Waals surface area contributed by atoms with Crippen molar-refractivity contribution in [1.29, 1.82) is 0 Å². The first-order chi connectivity index (χ1) is 8.58. The van der Waals surface area contributed by atoms with Gasteiger partial charge in [-0.25, -0.2) is 9.97 Å². The summed E-state index contributed by atoms with van der Waals surface area (Å²) in [5.74, 6) is -1.10. The SMILES string of the molecule is O=C(Nc1ccc(Cl)cc1)c1nc[nH]c1[N+](=O)[O-]. The number of rotatable bonds is 3. The van der Waals surface area contributed by atoms with Crippen LogP contribution in [0.4, 0.5) is 11.5 Å². The molecule has 1 aromatic carbocycles. The number of anilines is 1. The van der Waals surface area contributed by atoms with E-state index in [2.05, 4.69) is 15.3 Å². The molecule has 1 heterocycles. The van der Waals surface area contributed by atoms with Gasteiger partial charge in [-0.3, -0.25) is 4.79 Å². The van der Waals surface area contributed by atoms with E-state index in [0.717, 1.165) is 6.33 Å². The Morgan fingerprint density at radius 1 is 1.39 bits per heavy atom. The zero-order valence-electron chi connectivity index (χ0n) is 8.88. The van der Waals surface area contributed by atoms with Crippen LogP contribution in [-0.2, 0) is 0 Å². The third kappa shape index (κ3) is 2.46. The molecule has 0 saturated heterocycles. The number of hydrogen-bond acceptors (Lipinski definition) is 4. The maximum Gasteiger partial charge on any atom is 0.353 e. The monoisotopic (exact) mass is 266 g/mol. The number of carbonyl (C=O) groups excluding carboxylic acids is 1. The van der Waals surface area contributed by atoms with Crippen molar-refractivity contribution < 1.29 is 9.72 Å². The summed E-state index contributed by atoms with van der Waals surface area (Å²) >= 11 is 5.70. The molecule has 0 bridgehead atoms. The van der Waals surface area contributed by atoms with E-state index in [1.807, 2.05) is 0 Å². The van der Waals surface area contributed by atoms with Gasteiger partial charge in [0.2, 0.25) is 5.69 Å². The van der Waals surface area contributed by atoms with Gasteiger partial charge in [0.15, 0.2) is 6.33 Å². The van der Waals surface area contributed by atoms with Crippen molar-refractivity contribution in [1.82, 2.24) is 9.97 Å². The van der Waals surface area contributed by atoms with Gasteiger partial charge < -0.3 is 15.4 Å². The number of H-pyrrole nitrogens is 1. The quantitative estimate of drug-likeness (QED) is 0.657. The number of nitrogens with zero attached hydrogens (tertiary/aromatic N) is 2. The smallest absolute Gasteiger partial charge is 0.353 e. The topological polar surface area (TPSA) is 101 Å². The molecule has 2 aromatic rings. The average Bonchev–Trinajstić information content (AvgIpc) is 2.81. The van der Waals surface area contributed by atoms with Crippen molar-refractivity contribution in [2.24, 2.45) is 0 Å². The van der Waals surface area contributed by atoms with Crippen LogP contribution in [-0.4, -0.2) is 20.8 Å². The second kappa shape index (κ2) is 4.84. The van der Waals surface area contributed by atoms with Crippen LogP contribution in [0, 0.1) is 10.1 Å². The first-order valence-corrected chi connectivity index (χ1v) is 5.20. The Labute approximate surface area is 106 Å². The lowest BCUT2D eigenvalue weighted by Gasteiger charge is -2.02. The molecular formula is C10H7ClN4O3. The molecule has 0 saturated carbocycles. The number of nitro groups is 1. The van der Waals surface area contributed by atoms with E-state index in [-0.39, 0.29) is 5.69 Å². The van der Waals surface area contributed by atoms with Gasteiger partial charge in [-0.1, -0.05) is 11.6 Å². The number of halogens is 1. The molecule has 92 valence electrons. The second-order valence-electron chi connectivity index (χ2n) is 3.32. The highest BCUT2D eigenvalue weighted by atomic mass is 35.5. The summed E-state index contributed by atoms with van der Waals surface area (Å²) in [6, 6.07) is 6.35. The number of aromatic nitrogens is 2. The van der Waals surface area contributed by atoms with Crippen molar-refractivity contribution in [2.45, 2.75) is 0 Å². The molecule has 0 aliphatic heterocycles. The number of amides is 1. The molecule has 0 unspecified atom stereocenters. The molecule has 7 nitrogen and oxygen atoms in total. The fraction of sp³-hybridized carbons (Fsp3) is 0. The van der Waals surface area contributed by atoms with Crippen molar-refractivity contribution in [2.75, 3.05) is 5.32 Å². The van der Waals surface area contributed by atoms with Gasteiger partial charge in [-0.15, -0.1) is 0 Å². The zero-order chi connectivity index (χ0) is 13.1. The first-order valence-electron chi connectivity index (χ1n) is 4.82. The van der Waals surface area contributed by atoms with E-state index in [1.54, 1.807) is 24.3 Å². The number of hydrogen-bond donors (Lipinski definition) is 2. The molecule has 1 aromatic heterocycles. The normalized spacial score (nSPS) is 10.1. The molecule has 1 amide bonds. The van der Waals surface area contributed by atoms with Gasteiger partial charge >= 0.3 is 5.82 Å². The van der Waals surface area contributed by atoms with Gasteiger partial charge in [0.1, 0.15) is 0 Å². The van der Waals surface area contributed by atoms with Gasteiger partial charge in [-0.2, -0.15) is 0 Å². The number of imidazole rings is 1. The number of aromatic amines is 1. The van der Waals surface area contributed by atoms with Crippen molar-refractivity contribution in [3.63, 3.8) is 0 Å². The van der Waals surface area contributed by atoms with Crippen LogP contribution in [0.3, 0.4) is 0 Å². The van der Waals surface area contributed by atoms with E-state index >= 15 is 0 Å². The van der Waals surface area contributed by atoms with Gasteiger partial charge in [0.05, 0.1) is 0 Å². The standard InChI is InChI=1S/C10H7ClN4O3/c11-6-1-3-7(4-2-6)14-10(16)8-9(15(17)18)13-5-12-8/h1-5H,(H,12,13)(H,14,16). The van der Waals surface area contributed by atoms with Crippen LogP contribution in [0.5, 0.6) is 0 Å². The number of carbonyl (C=O) groups is 1. The summed E-state index contributed by atoms with van der Waals surface area (Å²) in [4.78, 5) is 27.6.